The normalized spacial score (nSPS) is 21.2. The van der Waals surface area contributed by atoms with Crippen molar-refractivity contribution >= 4 is 23.1 Å². The van der Waals surface area contributed by atoms with Gasteiger partial charge in [0.25, 0.3) is 0 Å². The van der Waals surface area contributed by atoms with Crippen LogP contribution in [0.3, 0.4) is 0 Å². The van der Waals surface area contributed by atoms with Gasteiger partial charge in [-0.25, -0.2) is 0 Å². The molecule has 2 aromatic carbocycles. The minimum Gasteiger partial charge on any atom is -0.332 e. The van der Waals surface area contributed by atoms with Gasteiger partial charge in [0, 0.05) is 10.6 Å². The van der Waals surface area contributed by atoms with Crippen LogP contribution in [0.15, 0.2) is 71.2 Å². The number of aryl methyl sites for hydroxylation is 2. The summed E-state index contributed by atoms with van der Waals surface area (Å²) in [6, 6.07) is 16.5. The van der Waals surface area contributed by atoms with Crippen molar-refractivity contribution < 1.29 is 0 Å². The van der Waals surface area contributed by atoms with Gasteiger partial charge in [-0.15, -0.1) is 11.8 Å². The summed E-state index contributed by atoms with van der Waals surface area (Å²) in [5.41, 5.74) is 6.77. The SMILES string of the molecule is CCCCc1ccc(N2c3ccc(C)cc3SC3C=C(C)C=CC32)cc1. The Bertz CT molecular complexity index is 847. The molecule has 1 aliphatic heterocycles. The molecule has 1 nitrogen and oxygen atoms in total. The third kappa shape index (κ3) is 3.35. The van der Waals surface area contributed by atoms with Crippen LogP contribution in [-0.2, 0) is 6.42 Å². The van der Waals surface area contributed by atoms with E-state index in [4.69, 9.17) is 0 Å². The maximum absolute atomic E-state index is 2.53. The number of nitrogens with zero attached hydrogens (tertiary/aromatic N) is 1. The standard InChI is InChI=1S/C24H27NS/c1-4-5-6-19-9-11-20(12-10-19)25-21-13-7-17(2)15-23(21)26-24-16-18(3)8-14-22(24)25/h7-16,21,23H,4-6H2,1-3H3. The Kier molecular flexibility index (Phi) is 4.95. The molecular formula is C24H27NS. The van der Waals surface area contributed by atoms with Crippen molar-refractivity contribution in [2.45, 2.75) is 56.2 Å². The summed E-state index contributed by atoms with van der Waals surface area (Å²) < 4.78 is 0. The molecule has 0 bridgehead atoms. The predicted octanol–water partition coefficient (Wildman–Crippen LogP) is 6.83. The lowest BCUT2D eigenvalue weighted by Gasteiger charge is -2.42. The lowest BCUT2D eigenvalue weighted by atomic mass is 9.99. The zero-order valence-corrected chi connectivity index (χ0v) is 16.7. The molecule has 0 saturated carbocycles. The maximum Gasteiger partial charge on any atom is 0.0683 e. The molecule has 2 heteroatoms. The fraction of sp³-hybridized carbons (Fsp3) is 0.333. The molecule has 26 heavy (non-hydrogen) atoms. The molecule has 2 aromatic rings. The van der Waals surface area contributed by atoms with E-state index in [1.807, 2.05) is 11.8 Å². The number of benzene rings is 2. The zero-order valence-electron chi connectivity index (χ0n) is 15.9. The molecule has 2 unspecified atom stereocenters. The van der Waals surface area contributed by atoms with Crippen LogP contribution in [0.2, 0.25) is 0 Å². The Morgan fingerprint density at radius 1 is 1.04 bits per heavy atom. The van der Waals surface area contributed by atoms with Gasteiger partial charge in [-0.1, -0.05) is 55.3 Å². The topological polar surface area (TPSA) is 3.24 Å². The highest BCUT2D eigenvalue weighted by molar-refractivity contribution is 8.00. The molecule has 0 radical (unpaired) electrons. The predicted molar refractivity (Wildman–Crippen MR) is 115 cm³/mol. The van der Waals surface area contributed by atoms with Crippen molar-refractivity contribution in [2.75, 3.05) is 4.90 Å². The van der Waals surface area contributed by atoms with Crippen LogP contribution >= 0.6 is 11.8 Å². The molecule has 4 rings (SSSR count). The van der Waals surface area contributed by atoms with Crippen LogP contribution in [-0.4, -0.2) is 11.3 Å². The lowest BCUT2D eigenvalue weighted by molar-refractivity contribution is 0.771. The molecule has 0 fully saturated rings. The van der Waals surface area contributed by atoms with E-state index in [1.54, 1.807) is 0 Å². The summed E-state index contributed by atoms with van der Waals surface area (Å²) in [6.45, 7) is 6.64. The van der Waals surface area contributed by atoms with E-state index in [0.717, 1.165) is 0 Å². The van der Waals surface area contributed by atoms with Gasteiger partial charge in [-0.2, -0.15) is 0 Å². The van der Waals surface area contributed by atoms with E-state index in [9.17, 15) is 0 Å². The summed E-state index contributed by atoms with van der Waals surface area (Å²) in [7, 11) is 0. The van der Waals surface area contributed by atoms with Crippen LogP contribution in [0.4, 0.5) is 11.4 Å². The minimum absolute atomic E-state index is 0.375. The number of hydrogen-bond acceptors (Lipinski definition) is 2. The number of allylic oxidation sites excluding steroid dienone is 2. The Labute approximate surface area is 161 Å². The molecular weight excluding hydrogens is 334 g/mol. The van der Waals surface area contributed by atoms with E-state index in [2.05, 4.69) is 86.4 Å². The van der Waals surface area contributed by atoms with Gasteiger partial charge >= 0.3 is 0 Å². The number of anilines is 2. The quantitative estimate of drug-likeness (QED) is 0.587. The highest BCUT2D eigenvalue weighted by atomic mass is 32.2. The van der Waals surface area contributed by atoms with E-state index in [0.29, 0.717) is 11.3 Å². The third-order valence-corrected chi connectivity index (χ3v) is 6.56. The van der Waals surface area contributed by atoms with Crippen LogP contribution < -0.4 is 4.90 Å². The molecule has 0 spiro atoms. The number of thioether (sulfide) groups is 1. The number of hydrogen-bond donors (Lipinski definition) is 0. The summed E-state index contributed by atoms with van der Waals surface area (Å²) in [5.74, 6) is 0. The van der Waals surface area contributed by atoms with Gasteiger partial charge in [0.2, 0.25) is 0 Å². The second-order valence-corrected chi connectivity index (χ2v) is 8.67. The molecule has 0 amide bonds. The van der Waals surface area contributed by atoms with Gasteiger partial charge < -0.3 is 4.90 Å². The minimum atomic E-state index is 0.375. The van der Waals surface area contributed by atoms with Gasteiger partial charge in [-0.05, 0) is 62.1 Å². The van der Waals surface area contributed by atoms with Crippen LogP contribution in [0.25, 0.3) is 0 Å². The van der Waals surface area contributed by atoms with Crippen LogP contribution in [0.1, 0.15) is 37.8 Å². The molecule has 1 aliphatic carbocycles. The van der Waals surface area contributed by atoms with Gasteiger partial charge in [0.1, 0.15) is 0 Å². The molecule has 0 aromatic heterocycles. The summed E-state index contributed by atoms with van der Waals surface area (Å²) in [5, 5.41) is 0.467. The smallest absolute Gasteiger partial charge is 0.0683 e. The van der Waals surface area contributed by atoms with Crippen molar-refractivity contribution in [1.82, 2.24) is 0 Å². The first-order valence-electron chi connectivity index (χ1n) is 9.68. The average Bonchev–Trinajstić information content (AvgIpc) is 2.64. The Balaban J connectivity index is 1.74. The van der Waals surface area contributed by atoms with Crippen molar-refractivity contribution in [1.29, 1.82) is 0 Å². The first kappa shape index (κ1) is 17.5. The molecule has 0 saturated heterocycles. The van der Waals surface area contributed by atoms with Crippen LogP contribution in [0, 0.1) is 6.92 Å². The van der Waals surface area contributed by atoms with E-state index >= 15 is 0 Å². The lowest BCUT2D eigenvalue weighted by Crippen LogP contribution is -2.41. The molecule has 1 heterocycles. The second-order valence-electron chi connectivity index (χ2n) is 7.45. The summed E-state index contributed by atoms with van der Waals surface area (Å²) in [4.78, 5) is 3.92. The second kappa shape index (κ2) is 7.36. The number of unbranched alkanes of at least 4 members (excludes halogenated alkanes) is 1. The molecule has 2 aliphatic rings. The number of fused-ring (bicyclic) bond motifs is 2. The zero-order chi connectivity index (χ0) is 18.1. The van der Waals surface area contributed by atoms with Crippen molar-refractivity contribution in [3.05, 3.63) is 77.4 Å². The molecule has 0 N–H and O–H groups in total. The summed E-state index contributed by atoms with van der Waals surface area (Å²) >= 11 is 2.00. The third-order valence-electron chi connectivity index (χ3n) is 5.29. The molecule has 134 valence electrons. The van der Waals surface area contributed by atoms with Crippen LogP contribution in [0.5, 0.6) is 0 Å². The first-order valence-corrected chi connectivity index (χ1v) is 10.6. The Hall–Kier alpha value is -1.93. The van der Waals surface area contributed by atoms with E-state index < -0.39 is 0 Å². The largest absolute Gasteiger partial charge is 0.332 e. The summed E-state index contributed by atoms with van der Waals surface area (Å²) in [6.07, 6.45) is 10.8. The van der Waals surface area contributed by atoms with E-state index in [1.165, 1.54) is 52.2 Å². The highest BCUT2D eigenvalue weighted by Gasteiger charge is 2.34. The van der Waals surface area contributed by atoms with Crippen molar-refractivity contribution in [3.63, 3.8) is 0 Å². The highest BCUT2D eigenvalue weighted by Crippen LogP contribution is 2.47. The molecule has 2 atom stereocenters. The van der Waals surface area contributed by atoms with Gasteiger partial charge in [-0.3, -0.25) is 0 Å². The van der Waals surface area contributed by atoms with Crippen molar-refractivity contribution in [3.8, 4) is 0 Å². The first-order chi connectivity index (χ1) is 12.7. The van der Waals surface area contributed by atoms with Gasteiger partial charge in [0.15, 0.2) is 0 Å². The Morgan fingerprint density at radius 2 is 1.85 bits per heavy atom. The van der Waals surface area contributed by atoms with Gasteiger partial charge in [0.05, 0.1) is 17.0 Å². The monoisotopic (exact) mass is 361 g/mol. The fourth-order valence-electron chi connectivity index (χ4n) is 3.85. The Morgan fingerprint density at radius 3 is 2.62 bits per heavy atom. The number of rotatable bonds is 4. The van der Waals surface area contributed by atoms with Crippen molar-refractivity contribution in [2.24, 2.45) is 0 Å². The van der Waals surface area contributed by atoms with E-state index in [-0.39, 0.29) is 0 Å². The maximum atomic E-state index is 2.53. The fourth-order valence-corrected chi connectivity index (χ4v) is 5.32. The average molecular weight is 362 g/mol.